The second-order valence-corrected chi connectivity index (χ2v) is 5.46. The highest BCUT2D eigenvalue weighted by Gasteiger charge is 2.32. The molecule has 0 fully saturated rings. The van der Waals surface area contributed by atoms with E-state index in [2.05, 4.69) is 5.32 Å². The molecule has 1 aliphatic rings. The first-order valence-electron chi connectivity index (χ1n) is 7.65. The molecule has 6 nitrogen and oxygen atoms in total. The van der Waals surface area contributed by atoms with Crippen molar-refractivity contribution >= 4 is 17.7 Å². The monoisotopic (exact) mass is 336 g/mol. The van der Waals surface area contributed by atoms with Crippen molar-refractivity contribution in [2.75, 3.05) is 7.11 Å². The Bertz CT molecular complexity index is 859. The lowest BCUT2D eigenvalue weighted by molar-refractivity contribution is -0.138. The Hall–Kier alpha value is -3.41. The molecular formula is C19H16N2O4. The molecule has 0 atom stereocenters. The molecule has 25 heavy (non-hydrogen) atoms. The fourth-order valence-electron chi connectivity index (χ4n) is 2.47. The van der Waals surface area contributed by atoms with Crippen LogP contribution in [0.3, 0.4) is 0 Å². The van der Waals surface area contributed by atoms with Crippen LogP contribution in [0.4, 0.5) is 0 Å². The summed E-state index contributed by atoms with van der Waals surface area (Å²) in [6, 6.07) is 15.7. The van der Waals surface area contributed by atoms with Crippen LogP contribution in [0.1, 0.15) is 15.9 Å². The first kappa shape index (κ1) is 16.4. The molecule has 0 saturated carbocycles. The van der Waals surface area contributed by atoms with Crippen LogP contribution in [0.25, 0.3) is 0 Å². The van der Waals surface area contributed by atoms with Gasteiger partial charge in [-0.1, -0.05) is 36.4 Å². The summed E-state index contributed by atoms with van der Waals surface area (Å²) in [5, 5.41) is 2.50. The van der Waals surface area contributed by atoms with E-state index in [4.69, 9.17) is 4.74 Å². The number of hydrogen-bond acceptors (Lipinski definition) is 4. The van der Waals surface area contributed by atoms with Gasteiger partial charge in [0.2, 0.25) is 0 Å². The standard InChI is InChI=1S/C19H16N2O4/c1-25-15-9-5-8-14(10-15)18(23)20-16-11-17(22)21(19(16)24)12-13-6-3-2-4-7-13/h2-11H,12H2,1H3,(H,20,23). The van der Waals surface area contributed by atoms with Gasteiger partial charge in [-0.2, -0.15) is 0 Å². The van der Waals surface area contributed by atoms with Crippen molar-refractivity contribution in [3.63, 3.8) is 0 Å². The zero-order valence-electron chi connectivity index (χ0n) is 13.6. The fourth-order valence-corrected chi connectivity index (χ4v) is 2.47. The SMILES string of the molecule is COc1cccc(C(=O)NC2=CC(=O)N(Cc3ccccc3)C2=O)c1. The molecule has 0 bridgehead atoms. The number of rotatable bonds is 5. The van der Waals surface area contributed by atoms with Gasteiger partial charge in [-0.15, -0.1) is 0 Å². The Kier molecular flexibility index (Phi) is 4.61. The van der Waals surface area contributed by atoms with Gasteiger partial charge >= 0.3 is 0 Å². The van der Waals surface area contributed by atoms with E-state index in [1.807, 2.05) is 30.3 Å². The van der Waals surface area contributed by atoms with Crippen molar-refractivity contribution in [2.45, 2.75) is 6.54 Å². The van der Waals surface area contributed by atoms with E-state index in [0.29, 0.717) is 11.3 Å². The molecule has 0 unspecified atom stereocenters. The highest BCUT2D eigenvalue weighted by atomic mass is 16.5. The Morgan fingerprint density at radius 3 is 2.56 bits per heavy atom. The summed E-state index contributed by atoms with van der Waals surface area (Å²) in [5.74, 6) is -0.922. The summed E-state index contributed by atoms with van der Waals surface area (Å²) >= 11 is 0. The van der Waals surface area contributed by atoms with Gasteiger partial charge in [0.1, 0.15) is 11.4 Å². The van der Waals surface area contributed by atoms with Gasteiger partial charge in [0, 0.05) is 11.6 Å². The number of ether oxygens (including phenoxy) is 1. The number of methoxy groups -OCH3 is 1. The van der Waals surface area contributed by atoms with Gasteiger partial charge in [0.05, 0.1) is 13.7 Å². The number of hydrogen-bond donors (Lipinski definition) is 1. The summed E-state index contributed by atoms with van der Waals surface area (Å²) in [6.45, 7) is 0.160. The lowest BCUT2D eigenvalue weighted by Gasteiger charge is -2.15. The number of amides is 3. The third-order valence-corrected chi connectivity index (χ3v) is 3.77. The van der Waals surface area contributed by atoms with Crippen LogP contribution in [-0.2, 0) is 16.1 Å². The minimum atomic E-state index is -0.523. The molecule has 1 heterocycles. The predicted molar refractivity (Wildman–Crippen MR) is 90.5 cm³/mol. The molecule has 0 aromatic heterocycles. The van der Waals surface area contributed by atoms with E-state index in [1.54, 1.807) is 24.3 Å². The lowest BCUT2D eigenvalue weighted by atomic mass is 10.2. The molecule has 1 aliphatic heterocycles. The topological polar surface area (TPSA) is 75.7 Å². The van der Waals surface area contributed by atoms with Crippen LogP contribution < -0.4 is 10.1 Å². The summed E-state index contributed by atoms with van der Waals surface area (Å²) in [5.41, 5.74) is 1.13. The molecule has 0 spiro atoms. The van der Waals surface area contributed by atoms with Gasteiger partial charge < -0.3 is 10.1 Å². The van der Waals surface area contributed by atoms with Crippen molar-refractivity contribution in [3.8, 4) is 5.75 Å². The Labute approximate surface area is 144 Å². The Morgan fingerprint density at radius 2 is 1.84 bits per heavy atom. The summed E-state index contributed by atoms with van der Waals surface area (Å²) in [4.78, 5) is 37.9. The van der Waals surface area contributed by atoms with Crippen molar-refractivity contribution < 1.29 is 19.1 Å². The van der Waals surface area contributed by atoms with E-state index in [0.717, 1.165) is 16.5 Å². The zero-order valence-corrected chi connectivity index (χ0v) is 13.6. The molecule has 0 saturated heterocycles. The maximum absolute atomic E-state index is 12.4. The van der Waals surface area contributed by atoms with E-state index < -0.39 is 17.7 Å². The maximum atomic E-state index is 12.4. The van der Waals surface area contributed by atoms with E-state index in [-0.39, 0.29) is 12.2 Å². The average Bonchev–Trinajstić information content (AvgIpc) is 2.90. The van der Waals surface area contributed by atoms with E-state index in [1.165, 1.54) is 7.11 Å². The number of nitrogens with zero attached hydrogens (tertiary/aromatic N) is 1. The summed E-state index contributed by atoms with van der Waals surface area (Å²) in [7, 11) is 1.50. The maximum Gasteiger partial charge on any atom is 0.277 e. The molecule has 2 aromatic carbocycles. The summed E-state index contributed by atoms with van der Waals surface area (Å²) in [6.07, 6.45) is 1.14. The molecule has 126 valence electrons. The lowest BCUT2D eigenvalue weighted by Crippen LogP contribution is -2.34. The van der Waals surface area contributed by atoms with Crippen LogP contribution in [0.5, 0.6) is 5.75 Å². The highest BCUT2D eigenvalue weighted by molar-refractivity contribution is 6.17. The molecule has 2 aromatic rings. The second kappa shape index (κ2) is 7.00. The number of benzene rings is 2. The molecule has 3 rings (SSSR count). The molecular weight excluding hydrogens is 320 g/mol. The van der Waals surface area contributed by atoms with Gasteiger partial charge in [0.15, 0.2) is 0 Å². The van der Waals surface area contributed by atoms with Crippen molar-refractivity contribution in [2.24, 2.45) is 0 Å². The van der Waals surface area contributed by atoms with E-state index >= 15 is 0 Å². The van der Waals surface area contributed by atoms with Crippen LogP contribution in [0.2, 0.25) is 0 Å². The van der Waals surface area contributed by atoms with E-state index in [9.17, 15) is 14.4 Å². The number of carbonyl (C=O) groups is 3. The normalized spacial score (nSPS) is 13.6. The third kappa shape index (κ3) is 3.58. The number of nitrogens with one attached hydrogen (secondary N) is 1. The van der Waals surface area contributed by atoms with Crippen LogP contribution in [0, 0.1) is 0 Å². The quantitative estimate of drug-likeness (QED) is 0.846. The Balaban J connectivity index is 1.71. The van der Waals surface area contributed by atoms with Gasteiger partial charge in [0.25, 0.3) is 17.7 Å². The largest absolute Gasteiger partial charge is 0.497 e. The van der Waals surface area contributed by atoms with Crippen molar-refractivity contribution in [1.29, 1.82) is 0 Å². The van der Waals surface area contributed by atoms with Crippen molar-refractivity contribution in [1.82, 2.24) is 10.2 Å². The number of carbonyl (C=O) groups excluding carboxylic acids is 3. The van der Waals surface area contributed by atoms with Crippen molar-refractivity contribution in [3.05, 3.63) is 77.5 Å². The minimum absolute atomic E-state index is 0.0336. The summed E-state index contributed by atoms with van der Waals surface area (Å²) < 4.78 is 5.07. The highest BCUT2D eigenvalue weighted by Crippen LogP contribution is 2.17. The van der Waals surface area contributed by atoms with Crippen LogP contribution >= 0.6 is 0 Å². The molecule has 0 radical (unpaired) electrons. The second-order valence-electron chi connectivity index (χ2n) is 5.46. The average molecular weight is 336 g/mol. The first-order chi connectivity index (χ1) is 12.1. The first-order valence-corrected chi connectivity index (χ1v) is 7.65. The van der Waals surface area contributed by atoms with Gasteiger partial charge in [-0.25, -0.2) is 0 Å². The van der Waals surface area contributed by atoms with Gasteiger partial charge in [-0.3, -0.25) is 19.3 Å². The number of imide groups is 1. The van der Waals surface area contributed by atoms with Crippen LogP contribution in [-0.4, -0.2) is 29.7 Å². The third-order valence-electron chi connectivity index (χ3n) is 3.77. The van der Waals surface area contributed by atoms with Gasteiger partial charge in [-0.05, 0) is 23.8 Å². The molecule has 0 aliphatic carbocycles. The zero-order chi connectivity index (χ0) is 17.8. The van der Waals surface area contributed by atoms with Crippen LogP contribution in [0.15, 0.2) is 66.4 Å². The fraction of sp³-hybridized carbons (Fsp3) is 0.105. The molecule has 1 N–H and O–H groups in total. The molecule has 6 heteroatoms. The predicted octanol–water partition coefficient (Wildman–Crippen LogP) is 1.88. The Morgan fingerprint density at radius 1 is 1.08 bits per heavy atom. The molecule has 3 amide bonds. The smallest absolute Gasteiger partial charge is 0.277 e. The minimum Gasteiger partial charge on any atom is -0.497 e.